The van der Waals surface area contributed by atoms with Crippen molar-refractivity contribution >= 4 is 62.8 Å². The van der Waals surface area contributed by atoms with E-state index in [1.165, 1.54) is 33.6 Å². The average molecular weight is 463 g/mol. The summed E-state index contributed by atoms with van der Waals surface area (Å²) in [4.78, 5) is 43.1. The van der Waals surface area contributed by atoms with E-state index in [2.05, 4.69) is 15.6 Å². The van der Waals surface area contributed by atoms with Crippen molar-refractivity contribution in [2.45, 2.75) is 12.8 Å². The topological polar surface area (TPSA) is 91.4 Å². The zero-order valence-corrected chi connectivity index (χ0v) is 18.7. The maximum atomic E-state index is 12.3. The maximum absolute atomic E-state index is 12.3. The largest absolute Gasteiger partial charge is 0.345 e. The summed E-state index contributed by atoms with van der Waals surface area (Å²) >= 11 is 8.95. The number of anilines is 2. The third-order valence-corrected chi connectivity index (χ3v) is 5.94. The van der Waals surface area contributed by atoms with Gasteiger partial charge in [0.25, 0.3) is 5.91 Å². The van der Waals surface area contributed by atoms with E-state index in [1.807, 2.05) is 17.5 Å². The minimum absolute atomic E-state index is 0.0489. The molecule has 0 aliphatic rings. The molecule has 3 amide bonds. The molecule has 0 aliphatic heterocycles. The number of thiazole rings is 1. The monoisotopic (exact) mass is 462 g/mol. The smallest absolute Gasteiger partial charge is 0.254 e. The van der Waals surface area contributed by atoms with Gasteiger partial charge in [0.2, 0.25) is 11.8 Å². The highest BCUT2D eigenvalue weighted by Gasteiger charge is 2.14. The van der Waals surface area contributed by atoms with Crippen LogP contribution in [0.2, 0.25) is 5.02 Å². The molecule has 30 heavy (non-hydrogen) atoms. The van der Waals surface area contributed by atoms with E-state index in [0.717, 1.165) is 4.88 Å². The number of amides is 3. The Hall–Kier alpha value is -2.75. The molecule has 0 spiro atoms. The van der Waals surface area contributed by atoms with Gasteiger partial charge in [-0.3, -0.25) is 14.4 Å². The lowest BCUT2D eigenvalue weighted by Gasteiger charge is -2.12. The fourth-order valence-corrected chi connectivity index (χ4v) is 4.25. The van der Waals surface area contributed by atoms with Crippen LogP contribution >= 0.6 is 34.3 Å². The molecule has 1 aromatic carbocycles. The molecule has 156 valence electrons. The zero-order valence-electron chi connectivity index (χ0n) is 16.3. The number of hydrogen-bond donors (Lipinski definition) is 2. The van der Waals surface area contributed by atoms with Crippen molar-refractivity contribution in [3.05, 3.63) is 62.2 Å². The normalized spacial score (nSPS) is 10.5. The molecule has 0 saturated heterocycles. The number of carbonyl (C=O) groups is 3. The van der Waals surface area contributed by atoms with Gasteiger partial charge in [0, 0.05) is 30.0 Å². The van der Waals surface area contributed by atoms with Crippen LogP contribution < -0.4 is 10.6 Å². The Labute approximate surface area is 186 Å². The lowest BCUT2D eigenvalue weighted by Crippen LogP contribution is -2.22. The maximum Gasteiger partial charge on any atom is 0.254 e. The van der Waals surface area contributed by atoms with Gasteiger partial charge in [-0.1, -0.05) is 17.7 Å². The molecule has 2 aromatic heterocycles. The van der Waals surface area contributed by atoms with Crippen LogP contribution in [-0.2, 0) is 22.4 Å². The third-order valence-electron chi connectivity index (χ3n) is 3.94. The Bertz CT molecular complexity index is 1060. The lowest BCUT2D eigenvalue weighted by molar-refractivity contribution is -0.116. The fraction of sp³-hybridized carbons (Fsp3) is 0.200. The van der Waals surface area contributed by atoms with Gasteiger partial charge in [-0.15, -0.1) is 22.7 Å². The predicted octanol–water partition coefficient (Wildman–Crippen LogP) is 3.92. The molecule has 7 nitrogen and oxygen atoms in total. The molecular formula is C20H19ClN4O3S2. The van der Waals surface area contributed by atoms with Crippen LogP contribution in [0.15, 0.2) is 41.1 Å². The van der Waals surface area contributed by atoms with Gasteiger partial charge < -0.3 is 15.5 Å². The molecular weight excluding hydrogens is 444 g/mol. The van der Waals surface area contributed by atoms with Gasteiger partial charge in [0.05, 0.1) is 29.1 Å². The van der Waals surface area contributed by atoms with Gasteiger partial charge in [0.15, 0.2) is 5.13 Å². The van der Waals surface area contributed by atoms with Crippen molar-refractivity contribution in [1.82, 2.24) is 9.88 Å². The molecule has 2 heterocycles. The van der Waals surface area contributed by atoms with Crippen LogP contribution in [0.3, 0.4) is 0 Å². The number of nitrogens with one attached hydrogen (secondary N) is 2. The number of aromatic nitrogens is 1. The standard InChI is InChI=1S/C20H19ClN4O3S2/c1-25(2)19(28)15-6-5-12(8-16(15)21)22-17(26)9-13-11-30-20(23-13)24-18(27)10-14-4-3-7-29-14/h3-8,11H,9-10H2,1-2H3,(H,22,26)(H,23,24,27). The summed E-state index contributed by atoms with van der Waals surface area (Å²) in [5, 5.41) is 9.85. The highest BCUT2D eigenvalue weighted by molar-refractivity contribution is 7.14. The van der Waals surface area contributed by atoms with E-state index < -0.39 is 0 Å². The molecule has 0 fully saturated rings. The first-order chi connectivity index (χ1) is 14.3. The molecule has 0 atom stereocenters. The highest BCUT2D eigenvalue weighted by atomic mass is 35.5. The Morgan fingerprint density at radius 3 is 2.50 bits per heavy atom. The van der Waals surface area contributed by atoms with E-state index in [1.54, 1.807) is 31.6 Å². The molecule has 0 aliphatic carbocycles. The van der Waals surface area contributed by atoms with E-state index in [9.17, 15) is 14.4 Å². The molecule has 0 radical (unpaired) electrons. The minimum atomic E-state index is -0.278. The molecule has 0 unspecified atom stereocenters. The van der Waals surface area contributed by atoms with Crippen LogP contribution in [0.5, 0.6) is 0 Å². The minimum Gasteiger partial charge on any atom is -0.345 e. The number of rotatable bonds is 7. The van der Waals surface area contributed by atoms with Crippen LogP contribution in [0.1, 0.15) is 20.9 Å². The quantitative estimate of drug-likeness (QED) is 0.556. The number of halogens is 1. The summed E-state index contributed by atoms with van der Waals surface area (Å²) in [7, 11) is 3.28. The van der Waals surface area contributed by atoms with E-state index in [4.69, 9.17) is 11.6 Å². The second-order valence-corrected chi connectivity index (χ2v) is 8.87. The zero-order chi connectivity index (χ0) is 21.7. The number of hydrogen-bond acceptors (Lipinski definition) is 6. The van der Waals surface area contributed by atoms with Gasteiger partial charge in [0.1, 0.15) is 0 Å². The molecule has 0 saturated carbocycles. The van der Waals surface area contributed by atoms with Gasteiger partial charge in [-0.2, -0.15) is 0 Å². The summed E-state index contributed by atoms with van der Waals surface area (Å²) in [5.41, 5.74) is 1.40. The van der Waals surface area contributed by atoms with E-state index >= 15 is 0 Å². The van der Waals surface area contributed by atoms with Crippen molar-refractivity contribution in [2.24, 2.45) is 0 Å². The second kappa shape index (κ2) is 9.84. The Morgan fingerprint density at radius 2 is 1.83 bits per heavy atom. The third kappa shape index (κ3) is 5.88. The van der Waals surface area contributed by atoms with Gasteiger partial charge >= 0.3 is 0 Å². The molecule has 0 bridgehead atoms. The van der Waals surface area contributed by atoms with Crippen molar-refractivity contribution in [1.29, 1.82) is 0 Å². The first-order valence-corrected chi connectivity index (χ1v) is 11.0. The number of carbonyl (C=O) groups excluding carboxylic acids is 3. The first kappa shape index (κ1) is 21.9. The summed E-state index contributed by atoms with van der Waals surface area (Å²) < 4.78 is 0. The molecule has 2 N–H and O–H groups in total. The van der Waals surface area contributed by atoms with Gasteiger partial charge in [-0.05, 0) is 29.6 Å². The summed E-state index contributed by atoms with van der Waals surface area (Å²) in [6, 6.07) is 8.53. The number of nitrogens with zero attached hydrogens (tertiary/aromatic N) is 2. The fourth-order valence-electron chi connectivity index (χ4n) is 2.56. The summed E-state index contributed by atoms with van der Waals surface area (Å²) in [6.45, 7) is 0. The van der Waals surface area contributed by atoms with Crippen LogP contribution in [0.4, 0.5) is 10.8 Å². The van der Waals surface area contributed by atoms with Crippen LogP contribution in [0, 0.1) is 0 Å². The Morgan fingerprint density at radius 1 is 1.07 bits per heavy atom. The molecule has 3 rings (SSSR count). The summed E-state index contributed by atoms with van der Waals surface area (Å²) in [6.07, 6.45) is 0.341. The second-order valence-electron chi connectivity index (χ2n) is 6.57. The lowest BCUT2D eigenvalue weighted by atomic mass is 10.2. The number of thiophene rings is 1. The highest BCUT2D eigenvalue weighted by Crippen LogP contribution is 2.23. The summed E-state index contributed by atoms with van der Waals surface area (Å²) in [5.74, 6) is -0.640. The van der Waals surface area contributed by atoms with E-state index in [-0.39, 0.29) is 29.2 Å². The Balaban J connectivity index is 1.54. The Kier molecular flexibility index (Phi) is 7.20. The van der Waals surface area contributed by atoms with Crippen molar-refractivity contribution < 1.29 is 14.4 Å². The average Bonchev–Trinajstić information content (AvgIpc) is 3.33. The SMILES string of the molecule is CN(C)C(=O)c1ccc(NC(=O)Cc2csc(NC(=O)Cc3cccs3)n2)cc1Cl. The van der Waals surface area contributed by atoms with Gasteiger partial charge in [-0.25, -0.2) is 4.98 Å². The molecule has 10 heteroatoms. The van der Waals surface area contributed by atoms with Crippen LogP contribution in [0.25, 0.3) is 0 Å². The van der Waals surface area contributed by atoms with E-state index in [0.29, 0.717) is 28.5 Å². The number of benzene rings is 1. The van der Waals surface area contributed by atoms with Crippen molar-refractivity contribution in [3.8, 4) is 0 Å². The van der Waals surface area contributed by atoms with Crippen molar-refractivity contribution in [2.75, 3.05) is 24.7 Å². The predicted molar refractivity (Wildman–Crippen MR) is 121 cm³/mol. The van der Waals surface area contributed by atoms with Crippen LogP contribution in [-0.4, -0.2) is 41.7 Å². The van der Waals surface area contributed by atoms with Crippen molar-refractivity contribution in [3.63, 3.8) is 0 Å². The molecule has 3 aromatic rings. The first-order valence-electron chi connectivity index (χ1n) is 8.89.